The molecule has 0 aliphatic heterocycles. The largest absolute Gasteiger partial charge is 0.506 e. The molecule has 6 heteroatoms. The summed E-state index contributed by atoms with van der Waals surface area (Å²) in [7, 11) is 1.68. The van der Waals surface area contributed by atoms with Gasteiger partial charge < -0.3 is 10.4 Å². The Kier molecular flexibility index (Phi) is 3.01. The first-order chi connectivity index (χ1) is 8.08. The molecule has 0 bridgehead atoms. The number of hydrogen-bond acceptors (Lipinski definition) is 3. The van der Waals surface area contributed by atoms with Crippen molar-refractivity contribution in [3.05, 3.63) is 41.2 Å². The molecule has 5 nitrogen and oxygen atoms in total. The van der Waals surface area contributed by atoms with E-state index in [-0.39, 0.29) is 16.7 Å². The second-order valence-corrected chi connectivity index (χ2v) is 3.87. The van der Waals surface area contributed by atoms with Crippen molar-refractivity contribution in [3.8, 4) is 5.75 Å². The van der Waals surface area contributed by atoms with Crippen LogP contribution in [0.3, 0.4) is 0 Å². The average molecular weight is 252 g/mol. The van der Waals surface area contributed by atoms with Crippen molar-refractivity contribution in [2.24, 2.45) is 7.05 Å². The molecule has 1 amide bonds. The van der Waals surface area contributed by atoms with Crippen molar-refractivity contribution in [1.29, 1.82) is 0 Å². The lowest BCUT2D eigenvalue weighted by Crippen LogP contribution is -2.15. The first-order valence-corrected chi connectivity index (χ1v) is 5.23. The van der Waals surface area contributed by atoms with Gasteiger partial charge in [-0.1, -0.05) is 11.6 Å². The molecule has 0 saturated carbocycles. The number of aryl methyl sites for hydroxylation is 1. The van der Waals surface area contributed by atoms with Gasteiger partial charge in [-0.05, 0) is 24.3 Å². The van der Waals surface area contributed by atoms with Gasteiger partial charge in [-0.15, -0.1) is 0 Å². The molecule has 0 unspecified atom stereocenters. The van der Waals surface area contributed by atoms with E-state index in [0.29, 0.717) is 11.4 Å². The quantitative estimate of drug-likeness (QED) is 0.803. The van der Waals surface area contributed by atoms with Crippen LogP contribution >= 0.6 is 11.6 Å². The number of carbonyl (C=O) groups is 1. The third kappa shape index (κ3) is 2.39. The minimum Gasteiger partial charge on any atom is -0.506 e. The smallest absolute Gasteiger partial charge is 0.273 e. The number of phenols is 1. The number of amides is 1. The molecular weight excluding hydrogens is 242 g/mol. The van der Waals surface area contributed by atoms with Gasteiger partial charge in [-0.3, -0.25) is 9.48 Å². The van der Waals surface area contributed by atoms with Crippen LogP contribution in [0.25, 0.3) is 0 Å². The number of aromatic hydroxyl groups is 1. The number of benzene rings is 1. The number of nitrogens with zero attached hydrogens (tertiary/aromatic N) is 2. The molecule has 0 spiro atoms. The maximum Gasteiger partial charge on any atom is 0.273 e. The lowest BCUT2D eigenvalue weighted by Gasteiger charge is -2.06. The van der Waals surface area contributed by atoms with E-state index in [1.54, 1.807) is 25.4 Å². The summed E-state index contributed by atoms with van der Waals surface area (Å²) in [6, 6.07) is 6.07. The van der Waals surface area contributed by atoms with Crippen molar-refractivity contribution in [2.75, 3.05) is 5.32 Å². The van der Waals surface area contributed by atoms with E-state index in [9.17, 15) is 9.90 Å². The van der Waals surface area contributed by atoms with Crippen LogP contribution in [-0.2, 0) is 7.05 Å². The second-order valence-electron chi connectivity index (χ2n) is 3.46. The van der Waals surface area contributed by atoms with Gasteiger partial charge in [-0.2, -0.15) is 5.10 Å². The summed E-state index contributed by atoms with van der Waals surface area (Å²) in [5.41, 5.74) is 0.952. The summed E-state index contributed by atoms with van der Waals surface area (Å²) >= 11 is 5.73. The maximum atomic E-state index is 11.8. The van der Waals surface area contributed by atoms with Crippen molar-refractivity contribution in [1.82, 2.24) is 9.78 Å². The van der Waals surface area contributed by atoms with E-state index in [4.69, 9.17) is 11.6 Å². The van der Waals surface area contributed by atoms with E-state index < -0.39 is 0 Å². The number of halogens is 1. The Morgan fingerprint density at radius 1 is 1.47 bits per heavy atom. The van der Waals surface area contributed by atoms with Crippen LogP contribution in [0, 0.1) is 0 Å². The van der Waals surface area contributed by atoms with Crippen molar-refractivity contribution in [2.45, 2.75) is 0 Å². The summed E-state index contributed by atoms with van der Waals surface area (Å²) in [5.74, 6) is -0.308. The normalized spacial score (nSPS) is 10.2. The molecular formula is C11H10ClN3O2. The molecule has 0 aliphatic rings. The molecule has 0 fully saturated rings. The van der Waals surface area contributed by atoms with Gasteiger partial charge in [0.2, 0.25) is 0 Å². The average Bonchev–Trinajstić information content (AvgIpc) is 2.70. The second kappa shape index (κ2) is 4.47. The van der Waals surface area contributed by atoms with Gasteiger partial charge in [0.25, 0.3) is 5.91 Å². The van der Waals surface area contributed by atoms with E-state index in [0.717, 1.165) is 0 Å². The summed E-state index contributed by atoms with van der Waals surface area (Å²) in [6.07, 6.45) is 1.54. The van der Waals surface area contributed by atoms with Crippen molar-refractivity contribution in [3.63, 3.8) is 0 Å². The van der Waals surface area contributed by atoms with Crippen LogP contribution in [0.5, 0.6) is 5.75 Å². The lowest BCUT2D eigenvalue weighted by molar-refractivity contribution is 0.101. The van der Waals surface area contributed by atoms with E-state index in [2.05, 4.69) is 10.4 Å². The maximum absolute atomic E-state index is 11.8. The fourth-order valence-corrected chi connectivity index (χ4v) is 1.56. The summed E-state index contributed by atoms with van der Waals surface area (Å²) in [6.45, 7) is 0. The molecule has 2 N–H and O–H groups in total. The number of anilines is 1. The van der Waals surface area contributed by atoms with Crippen LogP contribution in [-0.4, -0.2) is 20.8 Å². The van der Waals surface area contributed by atoms with Gasteiger partial charge >= 0.3 is 0 Å². The third-order valence-electron chi connectivity index (χ3n) is 2.26. The lowest BCUT2D eigenvalue weighted by atomic mass is 10.3. The van der Waals surface area contributed by atoms with Gasteiger partial charge in [0.05, 0.1) is 5.02 Å². The minimum absolute atomic E-state index is 0.0230. The van der Waals surface area contributed by atoms with E-state index in [1.807, 2.05) is 0 Å². The topological polar surface area (TPSA) is 67.2 Å². The highest BCUT2D eigenvalue weighted by molar-refractivity contribution is 6.32. The van der Waals surface area contributed by atoms with Crippen molar-refractivity contribution >= 4 is 23.2 Å². The molecule has 17 heavy (non-hydrogen) atoms. The zero-order chi connectivity index (χ0) is 12.4. The number of carbonyl (C=O) groups excluding carboxylic acids is 1. The first-order valence-electron chi connectivity index (χ1n) is 4.86. The molecule has 0 atom stereocenters. The molecule has 1 aromatic carbocycles. The summed E-state index contributed by atoms with van der Waals surface area (Å²) < 4.78 is 1.47. The molecule has 1 aromatic heterocycles. The predicted octanol–water partition coefficient (Wildman–Crippen LogP) is 2.03. The third-order valence-corrected chi connectivity index (χ3v) is 2.56. The number of hydrogen-bond donors (Lipinski definition) is 2. The van der Waals surface area contributed by atoms with Crippen LogP contribution in [0.2, 0.25) is 5.02 Å². The Labute approximate surface area is 103 Å². The molecule has 88 valence electrons. The Hall–Kier alpha value is -2.01. The van der Waals surface area contributed by atoms with Gasteiger partial charge in [0.1, 0.15) is 11.4 Å². The fraction of sp³-hybridized carbons (Fsp3) is 0.0909. The Bertz CT molecular complexity index is 566. The Morgan fingerprint density at radius 3 is 2.82 bits per heavy atom. The monoisotopic (exact) mass is 251 g/mol. The number of rotatable bonds is 2. The molecule has 2 aromatic rings. The zero-order valence-corrected chi connectivity index (χ0v) is 9.77. The number of phenolic OH excluding ortho intramolecular Hbond substituents is 1. The van der Waals surface area contributed by atoms with E-state index in [1.165, 1.54) is 16.8 Å². The number of nitrogens with one attached hydrogen (secondary N) is 1. The number of aromatic nitrogens is 2. The van der Waals surface area contributed by atoms with Gasteiger partial charge in [-0.25, -0.2) is 0 Å². The predicted molar refractivity (Wildman–Crippen MR) is 64.3 cm³/mol. The summed E-state index contributed by atoms with van der Waals surface area (Å²) in [4.78, 5) is 11.8. The molecule has 0 aliphatic carbocycles. The zero-order valence-electron chi connectivity index (χ0n) is 9.01. The van der Waals surface area contributed by atoms with Crippen LogP contribution in [0.15, 0.2) is 30.5 Å². The summed E-state index contributed by atoms with van der Waals surface area (Å²) in [5, 5.41) is 16.0. The minimum atomic E-state index is -0.285. The highest BCUT2D eigenvalue weighted by atomic mass is 35.5. The Balaban J connectivity index is 2.19. The van der Waals surface area contributed by atoms with Crippen LogP contribution in [0.1, 0.15) is 10.5 Å². The molecule has 0 radical (unpaired) electrons. The Morgan fingerprint density at radius 2 is 2.24 bits per heavy atom. The highest BCUT2D eigenvalue weighted by Crippen LogP contribution is 2.26. The molecule has 2 rings (SSSR count). The van der Waals surface area contributed by atoms with Gasteiger partial charge in [0, 0.05) is 18.9 Å². The van der Waals surface area contributed by atoms with Crippen LogP contribution < -0.4 is 5.32 Å². The van der Waals surface area contributed by atoms with Crippen molar-refractivity contribution < 1.29 is 9.90 Å². The first kappa shape index (κ1) is 11.5. The molecule has 0 saturated heterocycles. The standard InChI is InChI=1S/C11H10ClN3O2/c1-15-9(4-5-13-15)11(17)14-7-2-3-10(16)8(12)6-7/h2-6,16H,1H3,(H,14,17). The molecule has 1 heterocycles. The SMILES string of the molecule is Cn1nccc1C(=O)Nc1ccc(O)c(Cl)c1. The van der Waals surface area contributed by atoms with Crippen LogP contribution in [0.4, 0.5) is 5.69 Å². The highest BCUT2D eigenvalue weighted by Gasteiger charge is 2.10. The van der Waals surface area contributed by atoms with E-state index >= 15 is 0 Å². The van der Waals surface area contributed by atoms with Gasteiger partial charge in [0.15, 0.2) is 0 Å². The fourth-order valence-electron chi connectivity index (χ4n) is 1.38.